The van der Waals surface area contributed by atoms with Crippen molar-refractivity contribution in [3.8, 4) is 0 Å². The standard InChI is InChI=1S/C20H20ClN3O3/c1-12(2)24(20(27)23-14-7-8-18(25)17(21)9-14)11-13-10-22-19(26)16-6-4-3-5-15(13)16/h3-10,12,17H,11H2,1-2H3,(H,22,26)(H,23,27)/t17-/m1/s1. The lowest BCUT2D eigenvalue weighted by molar-refractivity contribution is -0.113. The molecule has 1 aromatic heterocycles. The number of hydrogen-bond acceptors (Lipinski definition) is 3. The number of aromatic amines is 1. The number of carbonyl (C=O) groups is 2. The first-order valence-corrected chi connectivity index (χ1v) is 9.05. The van der Waals surface area contributed by atoms with Gasteiger partial charge in [-0.3, -0.25) is 9.59 Å². The number of alkyl halides is 1. The fourth-order valence-electron chi connectivity index (χ4n) is 2.91. The van der Waals surface area contributed by atoms with Gasteiger partial charge in [0.05, 0.1) is 0 Å². The Bertz CT molecular complexity index is 1010. The van der Waals surface area contributed by atoms with Gasteiger partial charge in [-0.15, -0.1) is 11.6 Å². The van der Waals surface area contributed by atoms with Crippen LogP contribution in [0.25, 0.3) is 10.8 Å². The first kappa shape index (κ1) is 18.9. The summed E-state index contributed by atoms with van der Waals surface area (Å²) in [5.41, 5.74) is 1.16. The first-order chi connectivity index (χ1) is 12.9. The van der Waals surface area contributed by atoms with Gasteiger partial charge in [-0.05, 0) is 49.1 Å². The van der Waals surface area contributed by atoms with Crippen LogP contribution in [0.15, 0.2) is 59.2 Å². The maximum atomic E-state index is 12.8. The number of hydrogen-bond donors (Lipinski definition) is 2. The predicted octanol–water partition coefficient (Wildman–Crippen LogP) is 3.08. The lowest BCUT2D eigenvalue weighted by Gasteiger charge is -2.28. The molecule has 2 N–H and O–H groups in total. The number of H-pyrrole nitrogens is 1. The molecule has 6 nitrogen and oxygen atoms in total. The number of halogens is 1. The van der Waals surface area contributed by atoms with Gasteiger partial charge in [0.2, 0.25) is 0 Å². The molecule has 1 aromatic carbocycles. The number of ketones is 1. The van der Waals surface area contributed by atoms with E-state index in [2.05, 4.69) is 10.3 Å². The van der Waals surface area contributed by atoms with E-state index < -0.39 is 5.38 Å². The van der Waals surface area contributed by atoms with Crippen molar-refractivity contribution in [2.75, 3.05) is 0 Å². The van der Waals surface area contributed by atoms with E-state index in [4.69, 9.17) is 11.6 Å². The number of fused-ring (bicyclic) bond motifs is 1. The molecule has 0 saturated carbocycles. The Morgan fingerprint density at radius 2 is 1.93 bits per heavy atom. The van der Waals surface area contributed by atoms with Crippen molar-refractivity contribution in [3.05, 3.63) is 70.3 Å². The zero-order valence-corrected chi connectivity index (χ0v) is 15.8. The summed E-state index contributed by atoms with van der Waals surface area (Å²) in [6.07, 6.45) is 6.03. The van der Waals surface area contributed by atoms with Crippen LogP contribution in [0.1, 0.15) is 19.4 Å². The molecule has 1 atom stereocenters. The van der Waals surface area contributed by atoms with Crippen LogP contribution in [-0.4, -0.2) is 33.1 Å². The van der Waals surface area contributed by atoms with E-state index in [1.165, 1.54) is 18.2 Å². The van der Waals surface area contributed by atoms with E-state index in [9.17, 15) is 14.4 Å². The summed E-state index contributed by atoms with van der Waals surface area (Å²) in [6.45, 7) is 4.14. The van der Waals surface area contributed by atoms with Crippen molar-refractivity contribution >= 4 is 34.2 Å². The summed E-state index contributed by atoms with van der Waals surface area (Å²) < 4.78 is 0. The van der Waals surface area contributed by atoms with Crippen molar-refractivity contribution in [3.63, 3.8) is 0 Å². The summed E-state index contributed by atoms with van der Waals surface area (Å²) in [5, 5.41) is 3.40. The predicted molar refractivity (Wildman–Crippen MR) is 106 cm³/mol. The van der Waals surface area contributed by atoms with Gasteiger partial charge in [0, 0.05) is 29.9 Å². The normalized spacial score (nSPS) is 16.5. The molecule has 140 valence electrons. The molecule has 2 aromatic rings. The average Bonchev–Trinajstić information content (AvgIpc) is 2.64. The molecule has 0 saturated heterocycles. The number of amides is 2. The topological polar surface area (TPSA) is 82.3 Å². The minimum absolute atomic E-state index is 0.0858. The molecule has 0 unspecified atom stereocenters. The van der Waals surface area contributed by atoms with Crippen molar-refractivity contribution in [2.24, 2.45) is 0 Å². The first-order valence-electron chi connectivity index (χ1n) is 8.61. The Labute approximate surface area is 161 Å². The van der Waals surface area contributed by atoms with Crippen LogP contribution in [-0.2, 0) is 11.3 Å². The summed E-state index contributed by atoms with van der Waals surface area (Å²) in [4.78, 5) is 40.6. The summed E-state index contributed by atoms with van der Waals surface area (Å²) in [5.74, 6) is -0.213. The van der Waals surface area contributed by atoms with Gasteiger partial charge in [-0.2, -0.15) is 0 Å². The molecule has 3 rings (SSSR count). The fourth-order valence-corrected chi connectivity index (χ4v) is 3.12. The third-order valence-corrected chi connectivity index (χ3v) is 4.74. The third kappa shape index (κ3) is 4.11. The lowest BCUT2D eigenvalue weighted by atomic mass is 10.1. The van der Waals surface area contributed by atoms with Gasteiger partial charge in [0.25, 0.3) is 5.56 Å². The number of benzene rings is 1. The highest BCUT2D eigenvalue weighted by Crippen LogP contribution is 2.18. The average molecular weight is 386 g/mol. The van der Waals surface area contributed by atoms with E-state index in [0.717, 1.165) is 10.9 Å². The maximum Gasteiger partial charge on any atom is 0.322 e. The minimum Gasteiger partial charge on any atom is -0.328 e. The van der Waals surface area contributed by atoms with Gasteiger partial charge in [0.1, 0.15) is 5.38 Å². The summed E-state index contributed by atoms with van der Waals surface area (Å²) in [6, 6.07) is 6.89. The molecule has 0 spiro atoms. The summed E-state index contributed by atoms with van der Waals surface area (Å²) in [7, 11) is 0. The smallest absolute Gasteiger partial charge is 0.322 e. The molecule has 1 aliphatic carbocycles. The van der Waals surface area contributed by atoms with Crippen LogP contribution < -0.4 is 10.9 Å². The van der Waals surface area contributed by atoms with Crippen LogP contribution in [0.4, 0.5) is 4.79 Å². The van der Waals surface area contributed by atoms with Gasteiger partial charge < -0.3 is 15.2 Å². The van der Waals surface area contributed by atoms with Crippen molar-refractivity contribution < 1.29 is 9.59 Å². The van der Waals surface area contributed by atoms with Gasteiger partial charge in [-0.1, -0.05) is 18.2 Å². The molecular formula is C20H20ClN3O3. The van der Waals surface area contributed by atoms with Crippen LogP contribution in [0.5, 0.6) is 0 Å². The molecular weight excluding hydrogens is 366 g/mol. The fraction of sp³-hybridized carbons (Fsp3) is 0.250. The molecule has 1 aliphatic rings. The van der Waals surface area contributed by atoms with E-state index in [1.54, 1.807) is 23.2 Å². The van der Waals surface area contributed by atoms with Crippen LogP contribution in [0, 0.1) is 0 Å². The third-order valence-electron chi connectivity index (χ3n) is 4.40. The van der Waals surface area contributed by atoms with E-state index in [-0.39, 0.29) is 23.4 Å². The number of allylic oxidation sites excluding steroid dienone is 3. The quantitative estimate of drug-likeness (QED) is 0.793. The van der Waals surface area contributed by atoms with Crippen molar-refractivity contribution in [2.45, 2.75) is 31.8 Å². The second-order valence-electron chi connectivity index (χ2n) is 6.60. The van der Waals surface area contributed by atoms with Gasteiger partial charge >= 0.3 is 6.03 Å². The van der Waals surface area contributed by atoms with E-state index in [0.29, 0.717) is 17.6 Å². The van der Waals surface area contributed by atoms with Crippen LogP contribution in [0.3, 0.4) is 0 Å². The Balaban J connectivity index is 1.85. The Kier molecular flexibility index (Phi) is 5.46. The molecule has 0 aliphatic heterocycles. The molecule has 7 heteroatoms. The van der Waals surface area contributed by atoms with Crippen molar-refractivity contribution in [1.29, 1.82) is 0 Å². The largest absolute Gasteiger partial charge is 0.328 e. The maximum absolute atomic E-state index is 12.8. The van der Waals surface area contributed by atoms with Gasteiger partial charge in [0.15, 0.2) is 5.78 Å². The Morgan fingerprint density at radius 1 is 1.22 bits per heavy atom. The number of nitrogens with zero attached hydrogens (tertiary/aromatic N) is 1. The molecule has 0 fully saturated rings. The zero-order valence-electron chi connectivity index (χ0n) is 15.0. The minimum atomic E-state index is -0.777. The number of rotatable bonds is 4. The number of pyridine rings is 1. The highest BCUT2D eigenvalue weighted by Gasteiger charge is 2.21. The van der Waals surface area contributed by atoms with Crippen molar-refractivity contribution in [1.82, 2.24) is 15.2 Å². The van der Waals surface area contributed by atoms with Gasteiger partial charge in [-0.25, -0.2) is 4.79 Å². The molecule has 0 bridgehead atoms. The SMILES string of the molecule is CC(C)N(Cc1c[nH]c(=O)c2ccccc12)C(=O)NC1=C[C@@H](Cl)C(=O)C=C1. The highest BCUT2D eigenvalue weighted by molar-refractivity contribution is 6.34. The molecule has 0 radical (unpaired) electrons. The van der Waals surface area contributed by atoms with E-state index >= 15 is 0 Å². The molecule has 1 heterocycles. The van der Waals surface area contributed by atoms with Crippen LogP contribution >= 0.6 is 11.6 Å². The second-order valence-corrected chi connectivity index (χ2v) is 7.07. The number of carbonyl (C=O) groups excluding carboxylic acids is 2. The molecule has 2 amide bonds. The lowest BCUT2D eigenvalue weighted by Crippen LogP contribution is -2.43. The zero-order chi connectivity index (χ0) is 19.6. The number of urea groups is 1. The molecule has 27 heavy (non-hydrogen) atoms. The number of aromatic nitrogens is 1. The van der Waals surface area contributed by atoms with E-state index in [1.807, 2.05) is 26.0 Å². The van der Waals surface area contributed by atoms with Crippen LogP contribution in [0.2, 0.25) is 0 Å². The summed E-state index contributed by atoms with van der Waals surface area (Å²) >= 11 is 5.92. The monoisotopic (exact) mass is 385 g/mol. The Hall–Kier alpha value is -2.86. The second kappa shape index (κ2) is 7.80. The Morgan fingerprint density at radius 3 is 2.59 bits per heavy atom. The highest BCUT2D eigenvalue weighted by atomic mass is 35.5. The number of nitrogens with one attached hydrogen (secondary N) is 2.